The molecule has 1 rings (SSSR count). The largest absolute Gasteiger partial charge is 0.389 e. The van der Waals surface area contributed by atoms with Gasteiger partial charge in [0.05, 0.1) is 10.5 Å². The molecule has 0 saturated heterocycles. The second kappa shape index (κ2) is 5.35. The summed E-state index contributed by atoms with van der Waals surface area (Å²) in [6.45, 7) is 3.04. The van der Waals surface area contributed by atoms with Crippen LogP contribution < -0.4 is 0 Å². The minimum absolute atomic E-state index is 0.00625. The van der Waals surface area contributed by atoms with Gasteiger partial charge in [-0.2, -0.15) is 4.31 Å². The second-order valence-electron chi connectivity index (χ2n) is 4.68. The maximum absolute atomic E-state index is 12.2. The van der Waals surface area contributed by atoms with Gasteiger partial charge in [-0.05, 0) is 32.0 Å². The lowest BCUT2D eigenvalue weighted by Gasteiger charge is -2.25. The van der Waals surface area contributed by atoms with Crippen molar-refractivity contribution in [3.8, 4) is 0 Å². The van der Waals surface area contributed by atoms with Crippen molar-refractivity contribution < 1.29 is 13.5 Å². The van der Waals surface area contributed by atoms with E-state index >= 15 is 0 Å². The van der Waals surface area contributed by atoms with Gasteiger partial charge in [0.25, 0.3) is 0 Å². The van der Waals surface area contributed by atoms with Gasteiger partial charge in [-0.1, -0.05) is 23.2 Å². The summed E-state index contributed by atoms with van der Waals surface area (Å²) in [5, 5.41) is 10.1. The molecule has 1 N–H and O–H groups in total. The Kier molecular flexibility index (Phi) is 4.67. The average Bonchev–Trinajstić information content (AvgIpc) is 2.13. The molecule has 0 heterocycles. The Morgan fingerprint density at radius 3 is 2.06 bits per heavy atom. The molecular formula is C11H15Cl2NO3S. The molecule has 0 amide bonds. The SMILES string of the molecule is CN(CC(C)(C)O)S(=O)(=O)c1cc(Cl)cc(Cl)c1. The van der Waals surface area contributed by atoms with Crippen LogP contribution in [0.4, 0.5) is 0 Å². The summed E-state index contributed by atoms with van der Waals surface area (Å²) in [6.07, 6.45) is 0. The van der Waals surface area contributed by atoms with E-state index in [1.165, 1.54) is 39.1 Å². The Bertz CT molecular complexity index is 517. The Labute approximate surface area is 117 Å². The van der Waals surface area contributed by atoms with Gasteiger partial charge in [0.1, 0.15) is 0 Å². The van der Waals surface area contributed by atoms with Gasteiger partial charge < -0.3 is 5.11 Å². The molecule has 0 unspecified atom stereocenters. The number of sulfonamides is 1. The second-order valence-corrected chi connectivity index (χ2v) is 7.60. The van der Waals surface area contributed by atoms with Crippen LogP contribution in [-0.4, -0.2) is 37.0 Å². The fourth-order valence-corrected chi connectivity index (χ4v) is 3.54. The molecule has 0 fully saturated rings. The Hall–Kier alpha value is -0.330. The predicted molar refractivity (Wildman–Crippen MR) is 72.6 cm³/mol. The highest BCUT2D eigenvalue weighted by atomic mass is 35.5. The van der Waals surface area contributed by atoms with Crippen molar-refractivity contribution in [2.45, 2.75) is 24.3 Å². The van der Waals surface area contributed by atoms with Gasteiger partial charge in [0.15, 0.2) is 0 Å². The standard InChI is InChI=1S/C11H15Cl2NO3S/c1-11(2,15)7-14(3)18(16,17)10-5-8(12)4-9(13)6-10/h4-6,15H,7H2,1-3H3. The van der Waals surface area contributed by atoms with E-state index in [1.807, 2.05) is 0 Å². The lowest BCUT2D eigenvalue weighted by molar-refractivity contribution is 0.0640. The number of nitrogens with zero attached hydrogens (tertiary/aromatic N) is 1. The zero-order valence-corrected chi connectivity index (χ0v) is 12.6. The van der Waals surface area contributed by atoms with Crippen molar-refractivity contribution in [1.29, 1.82) is 0 Å². The van der Waals surface area contributed by atoms with Crippen LogP contribution in [0.2, 0.25) is 10.0 Å². The third-order valence-corrected chi connectivity index (χ3v) is 4.37. The average molecular weight is 312 g/mol. The molecule has 0 aliphatic heterocycles. The number of benzene rings is 1. The van der Waals surface area contributed by atoms with Gasteiger partial charge in [-0.3, -0.25) is 0 Å². The first-order chi connectivity index (χ1) is 8.02. The van der Waals surface area contributed by atoms with E-state index in [2.05, 4.69) is 0 Å². The van der Waals surface area contributed by atoms with E-state index < -0.39 is 15.6 Å². The van der Waals surface area contributed by atoms with Crippen LogP contribution in [0.5, 0.6) is 0 Å². The van der Waals surface area contributed by atoms with Crippen LogP contribution in [0.3, 0.4) is 0 Å². The lowest BCUT2D eigenvalue weighted by Crippen LogP contribution is -2.39. The van der Waals surface area contributed by atoms with Crippen LogP contribution in [0.15, 0.2) is 23.1 Å². The normalized spacial score (nSPS) is 13.1. The number of hydrogen-bond donors (Lipinski definition) is 1. The summed E-state index contributed by atoms with van der Waals surface area (Å²) in [7, 11) is -2.32. The molecule has 0 aromatic heterocycles. The van der Waals surface area contributed by atoms with E-state index in [4.69, 9.17) is 23.2 Å². The zero-order valence-electron chi connectivity index (χ0n) is 10.3. The Morgan fingerprint density at radius 2 is 1.67 bits per heavy atom. The molecule has 0 atom stereocenters. The highest BCUT2D eigenvalue weighted by Gasteiger charge is 2.26. The fraction of sp³-hybridized carbons (Fsp3) is 0.455. The summed E-state index contributed by atoms with van der Waals surface area (Å²) in [5.41, 5.74) is -1.12. The minimum atomic E-state index is -3.71. The van der Waals surface area contributed by atoms with E-state index in [0.717, 1.165) is 4.31 Å². The molecule has 7 heteroatoms. The quantitative estimate of drug-likeness (QED) is 0.929. The molecule has 0 saturated carbocycles. The Balaban J connectivity index is 3.13. The van der Waals surface area contributed by atoms with Crippen molar-refractivity contribution in [3.05, 3.63) is 28.2 Å². The highest BCUT2D eigenvalue weighted by Crippen LogP contribution is 2.24. The van der Waals surface area contributed by atoms with Gasteiger partial charge in [0.2, 0.25) is 10.0 Å². The van der Waals surface area contributed by atoms with E-state index in [1.54, 1.807) is 0 Å². The van der Waals surface area contributed by atoms with E-state index in [9.17, 15) is 13.5 Å². The number of rotatable bonds is 4. The summed E-state index contributed by atoms with van der Waals surface area (Å²) in [6, 6.07) is 4.10. The van der Waals surface area contributed by atoms with E-state index in [-0.39, 0.29) is 21.5 Å². The molecule has 0 radical (unpaired) electrons. The molecule has 0 aliphatic rings. The summed E-state index contributed by atoms with van der Waals surface area (Å²) < 4.78 is 25.5. The Morgan fingerprint density at radius 1 is 1.22 bits per heavy atom. The maximum Gasteiger partial charge on any atom is 0.243 e. The van der Waals surface area contributed by atoms with Crippen LogP contribution >= 0.6 is 23.2 Å². The third kappa shape index (κ3) is 4.10. The van der Waals surface area contributed by atoms with Crippen LogP contribution in [0, 0.1) is 0 Å². The smallest absolute Gasteiger partial charge is 0.243 e. The third-order valence-electron chi connectivity index (χ3n) is 2.15. The first kappa shape index (κ1) is 15.7. The maximum atomic E-state index is 12.2. The lowest BCUT2D eigenvalue weighted by atomic mass is 10.1. The minimum Gasteiger partial charge on any atom is -0.389 e. The van der Waals surface area contributed by atoms with Crippen molar-refractivity contribution >= 4 is 33.2 Å². The summed E-state index contributed by atoms with van der Waals surface area (Å²) in [4.78, 5) is 0.00625. The molecular weight excluding hydrogens is 297 g/mol. The summed E-state index contributed by atoms with van der Waals surface area (Å²) in [5.74, 6) is 0. The van der Waals surface area contributed by atoms with Crippen LogP contribution in [-0.2, 0) is 10.0 Å². The van der Waals surface area contributed by atoms with Gasteiger partial charge >= 0.3 is 0 Å². The molecule has 0 aliphatic carbocycles. The van der Waals surface area contributed by atoms with Gasteiger partial charge in [-0.25, -0.2) is 8.42 Å². The molecule has 0 bridgehead atoms. The van der Waals surface area contributed by atoms with Crippen molar-refractivity contribution in [2.75, 3.05) is 13.6 Å². The van der Waals surface area contributed by atoms with Crippen LogP contribution in [0.25, 0.3) is 0 Å². The monoisotopic (exact) mass is 311 g/mol. The van der Waals surface area contributed by atoms with E-state index in [0.29, 0.717) is 0 Å². The molecule has 1 aromatic rings. The molecule has 1 aromatic carbocycles. The highest BCUT2D eigenvalue weighted by molar-refractivity contribution is 7.89. The fourth-order valence-electron chi connectivity index (χ4n) is 1.49. The van der Waals surface area contributed by atoms with Crippen molar-refractivity contribution in [2.24, 2.45) is 0 Å². The number of halogens is 2. The number of aliphatic hydroxyl groups is 1. The number of likely N-dealkylation sites (N-methyl/N-ethyl adjacent to an activating group) is 1. The molecule has 4 nitrogen and oxygen atoms in total. The number of hydrogen-bond acceptors (Lipinski definition) is 3. The predicted octanol–water partition coefficient (Wildman–Crippen LogP) is 2.38. The molecule has 0 spiro atoms. The summed E-state index contributed by atoms with van der Waals surface area (Å²) >= 11 is 11.6. The van der Waals surface area contributed by atoms with Gasteiger partial charge in [-0.15, -0.1) is 0 Å². The molecule has 18 heavy (non-hydrogen) atoms. The van der Waals surface area contributed by atoms with Crippen LogP contribution in [0.1, 0.15) is 13.8 Å². The first-order valence-electron chi connectivity index (χ1n) is 5.17. The van der Waals surface area contributed by atoms with Gasteiger partial charge in [0, 0.05) is 23.6 Å². The zero-order chi connectivity index (χ0) is 14.1. The van der Waals surface area contributed by atoms with Crippen molar-refractivity contribution in [3.63, 3.8) is 0 Å². The van der Waals surface area contributed by atoms with Crippen molar-refractivity contribution in [1.82, 2.24) is 4.31 Å². The first-order valence-corrected chi connectivity index (χ1v) is 7.37. The molecule has 102 valence electrons. The topological polar surface area (TPSA) is 57.6 Å².